The lowest BCUT2D eigenvalue weighted by atomic mass is 9.94. The number of hydrogen-bond donors (Lipinski definition) is 3. The number of halogens is 1. The Balaban J connectivity index is 1.66. The Labute approximate surface area is 138 Å². The fourth-order valence-corrected chi connectivity index (χ4v) is 3.09. The van der Waals surface area contributed by atoms with Crippen LogP contribution in [0.3, 0.4) is 0 Å². The molecule has 0 aliphatic carbocycles. The molecule has 1 aliphatic heterocycles. The third kappa shape index (κ3) is 3.55. The highest BCUT2D eigenvalue weighted by molar-refractivity contribution is 9.10. The van der Waals surface area contributed by atoms with Crippen LogP contribution in [0, 0.1) is 5.92 Å². The maximum atomic E-state index is 12.5. The molecule has 1 aliphatic rings. The molecule has 0 radical (unpaired) electrons. The lowest BCUT2D eigenvalue weighted by Crippen LogP contribution is -2.34. The van der Waals surface area contributed by atoms with Gasteiger partial charge in [0.25, 0.3) is 0 Å². The smallest absolute Gasteiger partial charge is 0.226 e. The first-order chi connectivity index (χ1) is 10.7. The van der Waals surface area contributed by atoms with Gasteiger partial charge in [-0.3, -0.25) is 10.2 Å². The number of carbonyl (C=O) groups excluding carboxylic acids is 1. The predicted octanol–water partition coefficient (Wildman–Crippen LogP) is 2.53. The van der Waals surface area contributed by atoms with E-state index in [0.29, 0.717) is 13.1 Å². The lowest BCUT2D eigenvalue weighted by molar-refractivity contribution is -0.125. The van der Waals surface area contributed by atoms with Gasteiger partial charge >= 0.3 is 0 Å². The number of nitrogens with one attached hydrogen (secondary N) is 3. The van der Waals surface area contributed by atoms with E-state index in [1.54, 1.807) is 0 Å². The third-order valence-electron chi connectivity index (χ3n) is 3.84. The van der Waals surface area contributed by atoms with Gasteiger partial charge < -0.3 is 5.32 Å². The maximum Gasteiger partial charge on any atom is 0.226 e. The van der Waals surface area contributed by atoms with E-state index in [-0.39, 0.29) is 17.9 Å². The second kappa shape index (κ2) is 7.05. The zero-order chi connectivity index (χ0) is 15.4. The van der Waals surface area contributed by atoms with Crippen molar-refractivity contribution < 1.29 is 4.79 Å². The molecule has 0 bridgehead atoms. The Bertz CT molecular complexity index is 647. The Morgan fingerprint density at radius 3 is 2.77 bits per heavy atom. The predicted molar refractivity (Wildman–Crippen MR) is 89.8 cm³/mol. The van der Waals surface area contributed by atoms with Gasteiger partial charge in [0.1, 0.15) is 0 Å². The summed E-state index contributed by atoms with van der Waals surface area (Å²) in [6.07, 6.45) is 0. The van der Waals surface area contributed by atoms with E-state index in [0.717, 1.165) is 15.6 Å². The fourth-order valence-electron chi connectivity index (χ4n) is 2.67. The second-order valence-corrected chi connectivity index (χ2v) is 6.28. The van der Waals surface area contributed by atoms with E-state index in [1.807, 2.05) is 54.6 Å². The molecule has 0 saturated carbocycles. The minimum atomic E-state index is -0.127. The van der Waals surface area contributed by atoms with Gasteiger partial charge in [0, 0.05) is 17.6 Å². The first-order valence-corrected chi connectivity index (χ1v) is 8.09. The largest absolute Gasteiger partial charge is 0.352 e. The summed E-state index contributed by atoms with van der Waals surface area (Å²) in [6.45, 7) is 1.18. The Morgan fingerprint density at radius 2 is 2.00 bits per heavy atom. The molecule has 4 nitrogen and oxygen atoms in total. The minimum Gasteiger partial charge on any atom is -0.352 e. The van der Waals surface area contributed by atoms with Gasteiger partial charge in [-0.25, -0.2) is 5.43 Å². The zero-order valence-electron chi connectivity index (χ0n) is 12.1. The highest BCUT2D eigenvalue weighted by Crippen LogP contribution is 2.27. The average Bonchev–Trinajstić information content (AvgIpc) is 3.03. The van der Waals surface area contributed by atoms with Gasteiger partial charge in [-0.15, -0.1) is 0 Å². The molecule has 3 N–H and O–H groups in total. The van der Waals surface area contributed by atoms with Gasteiger partial charge in [0.15, 0.2) is 0 Å². The molecule has 2 unspecified atom stereocenters. The lowest BCUT2D eigenvalue weighted by Gasteiger charge is -2.18. The van der Waals surface area contributed by atoms with Gasteiger partial charge in [-0.2, -0.15) is 0 Å². The van der Waals surface area contributed by atoms with Crippen molar-refractivity contribution in [3.63, 3.8) is 0 Å². The van der Waals surface area contributed by atoms with Crippen LogP contribution in [0.15, 0.2) is 59.1 Å². The molecule has 1 amide bonds. The van der Waals surface area contributed by atoms with Crippen molar-refractivity contribution in [1.82, 2.24) is 16.2 Å². The molecule has 0 spiro atoms. The van der Waals surface area contributed by atoms with E-state index in [9.17, 15) is 4.79 Å². The first-order valence-electron chi connectivity index (χ1n) is 7.29. The summed E-state index contributed by atoms with van der Waals surface area (Å²) < 4.78 is 1.02. The average molecular weight is 360 g/mol. The van der Waals surface area contributed by atoms with Gasteiger partial charge in [-0.05, 0) is 23.3 Å². The number of rotatable bonds is 4. The summed E-state index contributed by atoms with van der Waals surface area (Å²) >= 11 is 3.48. The third-order valence-corrected chi connectivity index (χ3v) is 4.33. The molecule has 2 atom stereocenters. The number of amides is 1. The zero-order valence-corrected chi connectivity index (χ0v) is 13.6. The van der Waals surface area contributed by atoms with Crippen LogP contribution in [0.25, 0.3) is 0 Å². The topological polar surface area (TPSA) is 53.2 Å². The molecule has 22 heavy (non-hydrogen) atoms. The monoisotopic (exact) mass is 359 g/mol. The van der Waals surface area contributed by atoms with Crippen molar-refractivity contribution in [3.05, 3.63) is 70.2 Å². The maximum absolute atomic E-state index is 12.5. The van der Waals surface area contributed by atoms with Crippen LogP contribution in [0.4, 0.5) is 0 Å². The molecule has 114 valence electrons. The van der Waals surface area contributed by atoms with Crippen molar-refractivity contribution in [2.24, 2.45) is 5.92 Å². The molecular weight excluding hydrogens is 342 g/mol. The highest BCUT2D eigenvalue weighted by Gasteiger charge is 2.33. The molecule has 5 heteroatoms. The summed E-state index contributed by atoms with van der Waals surface area (Å²) in [4.78, 5) is 12.5. The summed E-state index contributed by atoms with van der Waals surface area (Å²) in [6, 6.07) is 18.0. The van der Waals surface area contributed by atoms with E-state index in [2.05, 4.69) is 32.1 Å². The Kier molecular flexibility index (Phi) is 4.87. The van der Waals surface area contributed by atoms with Crippen LogP contribution in [0.5, 0.6) is 0 Å². The van der Waals surface area contributed by atoms with Crippen LogP contribution in [0.1, 0.15) is 17.2 Å². The van der Waals surface area contributed by atoms with Crippen molar-refractivity contribution in [1.29, 1.82) is 0 Å². The normalized spacial score (nSPS) is 20.8. The first kappa shape index (κ1) is 15.2. The molecule has 1 saturated heterocycles. The highest BCUT2D eigenvalue weighted by atomic mass is 79.9. The van der Waals surface area contributed by atoms with Crippen molar-refractivity contribution in [2.75, 3.05) is 6.54 Å². The quantitative estimate of drug-likeness (QED) is 0.786. The molecular formula is C17H18BrN3O. The van der Waals surface area contributed by atoms with Crippen LogP contribution in [-0.2, 0) is 11.3 Å². The SMILES string of the molecule is O=C(NCc1ccccc1)C1CNNC1c1cccc(Br)c1. The van der Waals surface area contributed by atoms with Crippen molar-refractivity contribution in [3.8, 4) is 0 Å². The molecule has 1 heterocycles. The van der Waals surface area contributed by atoms with Crippen LogP contribution >= 0.6 is 15.9 Å². The fraction of sp³-hybridized carbons (Fsp3) is 0.235. The van der Waals surface area contributed by atoms with E-state index in [4.69, 9.17) is 0 Å². The van der Waals surface area contributed by atoms with Crippen LogP contribution in [-0.4, -0.2) is 12.5 Å². The number of hydrazine groups is 1. The molecule has 0 aromatic heterocycles. The second-order valence-electron chi connectivity index (χ2n) is 5.37. The van der Waals surface area contributed by atoms with Crippen LogP contribution in [0.2, 0.25) is 0 Å². The number of carbonyl (C=O) groups is 1. The summed E-state index contributed by atoms with van der Waals surface area (Å²) in [5.41, 5.74) is 8.49. The molecule has 1 fully saturated rings. The summed E-state index contributed by atoms with van der Waals surface area (Å²) in [5, 5.41) is 3.02. The molecule has 3 rings (SSSR count). The van der Waals surface area contributed by atoms with Crippen LogP contribution < -0.4 is 16.2 Å². The molecule has 2 aromatic carbocycles. The van der Waals surface area contributed by atoms with Crippen molar-refractivity contribution >= 4 is 21.8 Å². The number of benzene rings is 2. The van der Waals surface area contributed by atoms with Gasteiger partial charge in [0.05, 0.1) is 12.0 Å². The Hall–Kier alpha value is -1.69. The van der Waals surface area contributed by atoms with Crippen molar-refractivity contribution in [2.45, 2.75) is 12.6 Å². The Morgan fingerprint density at radius 1 is 1.18 bits per heavy atom. The van der Waals surface area contributed by atoms with E-state index < -0.39 is 0 Å². The van der Waals surface area contributed by atoms with Gasteiger partial charge in [-0.1, -0.05) is 58.4 Å². The van der Waals surface area contributed by atoms with E-state index >= 15 is 0 Å². The summed E-state index contributed by atoms with van der Waals surface area (Å²) in [7, 11) is 0. The van der Waals surface area contributed by atoms with Gasteiger partial charge in [0.2, 0.25) is 5.91 Å². The van der Waals surface area contributed by atoms with E-state index in [1.165, 1.54) is 0 Å². The molecule has 2 aromatic rings. The summed E-state index contributed by atoms with van der Waals surface area (Å²) in [5.74, 6) is -0.0654. The number of hydrogen-bond acceptors (Lipinski definition) is 3. The minimum absolute atomic E-state index is 0.0201. The standard InChI is InChI=1S/C17H18BrN3O/c18-14-8-4-7-13(9-14)16-15(11-20-21-16)17(22)19-10-12-5-2-1-3-6-12/h1-9,15-16,20-21H,10-11H2,(H,19,22).